The highest BCUT2D eigenvalue weighted by molar-refractivity contribution is 7.99. The van der Waals surface area contributed by atoms with Gasteiger partial charge >= 0.3 is 0 Å². The summed E-state index contributed by atoms with van der Waals surface area (Å²) in [5, 5.41) is 6.51. The summed E-state index contributed by atoms with van der Waals surface area (Å²) in [5.41, 5.74) is 23.9. The molecule has 0 radical (unpaired) electrons. The molecule has 0 amide bonds. The van der Waals surface area contributed by atoms with Gasteiger partial charge in [-0.25, -0.2) is 0 Å². The van der Waals surface area contributed by atoms with Crippen molar-refractivity contribution in [1.29, 1.82) is 0 Å². The largest absolute Gasteiger partial charge is 0.455 e. The third-order valence-corrected chi connectivity index (χ3v) is 26.5. The molecule has 12 aromatic rings. The fraction of sp³-hybridized carbons (Fsp3) is 0.233. The van der Waals surface area contributed by atoms with Crippen molar-refractivity contribution in [3.05, 3.63) is 281 Å². The molecule has 1 aliphatic carbocycles. The number of aryl methyl sites for hydroxylation is 2. The van der Waals surface area contributed by atoms with Gasteiger partial charge in [0.25, 0.3) is 0 Å². The average Bonchev–Trinajstić information content (AvgIpc) is 1.49. The van der Waals surface area contributed by atoms with Crippen LogP contribution in [0.4, 0.5) is 34.1 Å². The minimum atomic E-state index is -2.58. The molecule has 14 rings (SSSR count). The summed E-state index contributed by atoms with van der Waals surface area (Å²) in [6.07, 6.45) is 0. The van der Waals surface area contributed by atoms with Crippen LogP contribution < -0.4 is 25.4 Å². The van der Waals surface area contributed by atoms with Crippen molar-refractivity contribution in [2.75, 3.05) is 9.80 Å². The van der Waals surface area contributed by atoms with E-state index in [4.69, 9.17) is 4.42 Å². The summed E-state index contributed by atoms with van der Waals surface area (Å²) in [5.74, 6) is 0. The summed E-state index contributed by atoms with van der Waals surface area (Å²) in [6.45, 7) is 37.8. The van der Waals surface area contributed by atoms with Crippen LogP contribution in [-0.4, -0.2) is 16.1 Å². The number of hydrogen-bond acceptors (Lipinski definition) is 4. The molecule has 0 saturated heterocycles. The van der Waals surface area contributed by atoms with E-state index in [1.54, 1.807) is 0 Å². The molecule has 0 bridgehead atoms. The molecule has 11 aromatic carbocycles. The van der Waals surface area contributed by atoms with Crippen LogP contribution in [-0.2, 0) is 21.7 Å². The van der Waals surface area contributed by atoms with Crippen LogP contribution in [0.1, 0.15) is 112 Å². The summed E-state index contributed by atoms with van der Waals surface area (Å²) >= 11 is 1.83. The van der Waals surface area contributed by atoms with Gasteiger partial charge < -0.3 is 14.2 Å². The van der Waals surface area contributed by atoms with Crippen molar-refractivity contribution in [2.24, 2.45) is 0 Å². The van der Waals surface area contributed by atoms with Crippen molar-refractivity contribution in [1.82, 2.24) is 0 Å². The second kappa shape index (κ2) is 22.1. The van der Waals surface area contributed by atoms with E-state index < -0.39 is 21.6 Å². The van der Waals surface area contributed by atoms with Crippen molar-refractivity contribution in [2.45, 2.75) is 140 Å². The highest BCUT2D eigenvalue weighted by Gasteiger charge is 2.54. The van der Waals surface area contributed by atoms with Gasteiger partial charge in [-0.2, -0.15) is 0 Å². The Morgan fingerprint density at radius 2 is 0.891 bits per heavy atom. The van der Waals surface area contributed by atoms with Gasteiger partial charge in [-0.15, -0.1) is 0 Å². The van der Waals surface area contributed by atoms with Gasteiger partial charge in [-0.05, 0) is 198 Å². The van der Waals surface area contributed by atoms with E-state index in [2.05, 4.69) is 349 Å². The Morgan fingerprint density at radius 3 is 1.41 bits per heavy atom. The van der Waals surface area contributed by atoms with Gasteiger partial charge in [0.1, 0.15) is 19.2 Å². The first-order chi connectivity index (χ1) is 43.7. The number of rotatable bonds is 11. The minimum absolute atomic E-state index is 0.0228. The number of fused-ring (bicyclic) bond motifs is 11. The lowest BCUT2D eigenvalue weighted by atomic mass is 9.67. The van der Waals surface area contributed by atoms with Crippen LogP contribution in [0.25, 0.3) is 44.2 Å². The Kier molecular flexibility index (Phi) is 14.7. The molecule has 92 heavy (non-hydrogen) atoms. The molecule has 460 valence electrons. The summed E-state index contributed by atoms with van der Waals surface area (Å²) < 4.78 is 7.79. The fourth-order valence-electron chi connectivity index (χ4n) is 15.0. The first kappa shape index (κ1) is 61.1. The van der Waals surface area contributed by atoms with Gasteiger partial charge in [0.2, 0.25) is 0 Å². The summed E-state index contributed by atoms with van der Waals surface area (Å²) in [6, 6.07) is 89.4. The SMILES string of the molecule is Cc1cccc(N(c2ccc(C(C)(C)C)cc2)c2cc3c(c4c2[Si](C)(C)c2ccccc2-4)-c2c(cc(N(c4ccc(C(C)(C)C)cc4)c4cccc(C)c4)c4c2oc2ccccc24)C3(c2ccc(Sc3ccc(C(C)(C)C)cc3)cc2)c2ccc([Si](C)(C)C)cc2)c1. The van der Waals surface area contributed by atoms with Crippen molar-refractivity contribution >= 4 is 99.5 Å². The Morgan fingerprint density at radius 1 is 0.435 bits per heavy atom. The Labute approximate surface area is 553 Å². The van der Waals surface area contributed by atoms with Crippen molar-refractivity contribution < 1.29 is 4.42 Å². The maximum Gasteiger partial charge on any atom is 0.145 e. The predicted molar refractivity (Wildman–Crippen MR) is 402 cm³/mol. The van der Waals surface area contributed by atoms with Crippen LogP contribution in [0.3, 0.4) is 0 Å². The normalized spacial score (nSPS) is 15.1. The van der Waals surface area contributed by atoms with Crippen molar-refractivity contribution in [3.8, 4) is 22.3 Å². The smallest absolute Gasteiger partial charge is 0.145 e. The van der Waals surface area contributed by atoms with Gasteiger partial charge in [0.15, 0.2) is 0 Å². The van der Waals surface area contributed by atoms with E-state index in [0.29, 0.717) is 0 Å². The molecule has 3 nitrogen and oxygen atoms in total. The maximum absolute atomic E-state index is 7.79. The van der Waals surface area contributed by atoms with E-state index in [1.165, 1.54) is 97.8 Å². The zero-order valence-corrected chi connectivity index (χ0v) is 59.5. The molecule has 2 heterocycles. The molecular weight excluding hydrogens is 1170 g/mol. The molecule has 1 aliphatic heterocycles. The van der Waals surface area contributed by atoms with Crippen LogP contribution >= 0.6 is 11.8 Å². The average molecular weight is 1250 g/mol. The Bertz CT molecular complexity index is 4840. The van der Waals surface area contributed by atoms with Gasteiger partial charge in [-0.1, -0.05) is 252 Å². The predicted octanol–water partition coefficient (Wildman–Crippen LogP) is 22.9. The van der Waals surface area contributed by atoms with E-state index >= 15 is 0 Å². The minimum Gasteiger partial charge on any atom is -0.455 e. The topological polar surface area (TPSA) is 19.6 Å². The lowest BCUT2D eigenvalue weighted by Crippen LogP contribution is -2.50. The standard InChI is InChI=1S/C86H86N2OSSi2/c1-55-23-21-25-64(51-55)87(62-41-31-57(32-42-62)83(3,4)5)73-53-72-80(81-77(73)69-27-17-19-29-75(69)89-81)79-71(86(72,61-39-49-68(50-40-61)91(12,13)14)60-37-47-67(48-38-60)90-66-45-35-59(36-46-66)85(9,10)11)54-74(82-78(79)70-28-18-20-30-76(70)92(82,15)16)88(65-26-22-24-56(2)52-65)63-43-33-58(34-44-63)84(6,7)8/h17-54H,1-16H3. The number of para-hydroxylation sites is 1. The molecule has 0 N–H and O–H groups in total. The molecule has 0 spiro atoms. The molecule has 1 atom stereocenters. The fourth-order valence-corrected chi connectivity index (χ4v) is 20.3. The molecule has 1 aromatic heterocycles. The van der Waals surface area contributed by atoms with E-state index in [1.807, 2.05) is 11.8 Å². The highest BCUT2D eigenvalue weighted by atomic mass is 32.2. The highest BCUT2D eigenvalue weighted by Crippen LogP contribution is 2.64. The van der Waals surface area contributed by atoms with Gasteiger partial charge in [-0.3, -0.25) is 0 Å². The van der Waals surface area contributed by atoms with Crippen LogP contribution in [0.5, 0.6) is 0 Å². The van der Waals surface area contributed by atoms with Crippen LogP contribution in [0, 0.1) is 13.8 Å². The number of hydrogen-bond donors (Lipinski definition) is 0. The van der Waals surface area contributed by atoms with E-state index in [9.17, 15) is 0 Å². The summed E-state index contributed by atoms with van der Waals surface area (Å²) in [4.78, 5) is 7.56. The number of furan rings is 1. The van der Waals surface area contributed by atoms with Crippen LogP contribution in [0.2, 0.25) is 32.7 Å². The molecule has 2 aliphatic rings. The first-order valence-electron chi connectivity index (χ1n) is 33.0. The quantitative estimate of drug-likeness (QED) is 0.120. The van der Waals surface area contributed by atoms with E-state index in [-0.39, 0.29) is 16.2 Å². The van der Waals surface area contributed by atoms with Crippen LogP contribution in [0.15, 0.2) is 245 Å². The molecular formula is C86H86N2OSSi2. The zero-order valence-electron chi connectivity index (χ0n) is 56.7. The second-order valence-corrected chi connectivity index (χ2v) is 41.3. The van der Waals surface area contributed by atoms with E-state index in [0.717, 1.165) is 55.9 Å². The first-order valence-corrected chi connectivity index (χ1v) is 40.3. The molecule has 0 saturated carbocycles. The van der Waals surface area contributed by atoms with Gasteiger partial charge in [0.05, 0.1) is 24.6 Å². The number of benzene rings is 11. The number of nitrogens with zero attached hydrogens (tertiary/aromatic N) is 2. The molecule has 0 fully saturated rings. The molecule has 6 heteroatoms. The second-order valence-electron chi connectivity index (χ2n) is 30.8. The summed E-state index contributed by atoms with van der Waals surface area (Å²) in [7, 11) is -4.38. The lowest BCUT2D eigenvalue weighted by Gasteiger charge is -2.37. The zero-order chi connectivity index (χ0) is 64.6. The van der Waals surface area contributed by atoms with Gasteiger partial charge in [0, 0.05) is 49.2 Å². The Hall–Kier alpha value is -8.40. The third-order valence-electron chi connectivity index (χ3n) is 19.9. The number of anilines is 6. The third kappa shape index (κ3) is 10.2. The van der Waals surface area contributed by atoms with Crippen molar-refractivity contribution in [3.63, 3.8) is 0 Å². The Balaban J connectivity index is 1.18. The maximum atomic E-state index is 7.79. The lowest BCUT2D eigenvalue weighted by molar-refractivity contribution is 0.589. The monoisotopic (exact) mass is 1250 g/mol. The molecule has 1 unspecified atom stereocenters.